The molecule has 3 rings (SSSR count). The molecule has 1 aromatic rings. The summed E-state index contributed by atoms with van der Waals surface area (Å²) in [5, 5.41) is 10.6. The Morgan fingerprint density at radius 3 is 2.61 bits per heavy atom. The smallest absolute Gasteiger partial charge is 0.232 e. The Bertz CT molecular complexity index is 678. The third-order valence-corrected chi connectivity index (χ3v) is 5.29. The van der Waals surface area contributed by atoms with Crippen LogP contribution in [0.4, 0.5) is 0 Å². The van der Waals surface area contributed by atoms with Gasteiger partial charge in [0, 0.05) is 37.5 Å². The molecule has 1 aromatic heterocycles. The van der Waals surface area contributed by atoms with Gasteiger partial charge in [-0.15, -0.1) is 24.0 Å². The fourth-order valence-electron chi connectivity index (χ4n) is 3.69. The number of hydrogen-bond acceptors (Lipinski definition) is 5. The van der Waals surface area contributed by atoms with Gasteiger partial charge in [0.1, 0.15) is 0 Å². The van der Waals surface area contributed by atoms with Gasteiger partial charge in [-0.05, 0) is 19.3 Å². The van der Waals surface area contributed by atoms with Crippen molar-refractivity contribution in [2.24, 2.45) is 10.9 Å². The van der Waals surface area contributed by atoms with Crippen molar-refractivity contribution < 1.29 is 9.32 Å². The van der Waals surface area contributed by atoms with Gasteiger partial charge in [0.05, 0.1) is 6.54 Å². The monoisotopic (exact) mass is 504 g/mol. The number of nitrogens with zero attached hydrogens (tertiary/aromatic N) is 4. The standard InChI is InChI=1S/C19H32N6O2.HI/c1-19(2,3)17-23-15(24-27-17)11-21-18(20-4)22-14-9-10-25(12-14)16(26)13-7-5-6-8-13;/h13-14H,5-12H2,1-4H3,(H2,20,21,22);1H. The maximum atomic E-state index is 12.6. The van der Waals surface area contributed by atoms with E-state index in [-0.39, 0.29) is 41.4 Å². The van der Waals surface area contributed by atoms with Crippen LogP contribution in [0.3, 0.4) is 0 Å². The molecule has 1 aliphatic heterocycles. The number of guanidine groups is 1. The lowest BCUT2D eigenvalue weighted by atomic mass is 9.97. The Morgan fingerprint density at radius 2 is 2.00 bits per heavy atom. The molecule has 1 saturated heterocycles. The Morgan fingerprint density at radius 1 is 1.29 bits per heavy atom. The summed E-state index contributed by atoms with van der Waals surface area (Å²) >= 11 is 0. The molecule has 1 aliphatic carbocycles. The topological polar surface area (TPSA) is 95.7 Å². The maximum Gasteiger partial charge on any atom is 0.232 e. The van der Waals surface area contributed by atoms with Crippen molar-refractivity contribution >= 4 is 35.8 Å². The zero-order chi connectivity index (χ0) is 19.4. The molecule has 1 atom stereocenters. The van der Waals surface area contributed by atoms with Gasteiger partial charge >= 0.3 is 0 Å². The minimum atomic E-state index is -0.162. The average molecular weight is 504 g/mol. The number of halogens is 1. The summed E-state index contributed by atoms with van der Waals surface area (Å²) in [5.41, 5.74) is -0.162. The van der Waals surface area contributed by atoms with E-state index in [0.29, 0.717) is 30.1 Å². The molecule has 9 heteroatoms. The minimum Gasteiger partial charge on any atom is -0.352 e. The number of aromatic nitrogens is 2. The highest BCUT2D eigenvalue weighted by molar-refractivity contribution is 14.0. The van der Waals surface area contributed by atoms with Gasteiger partial charge in [0.2, 0.25) is 11.8 Å². The third kappa shape index (κ3) is 5.81. The molecule has 1 saturated carbocycles. The number of carbonyl (C=O) groups excluding carboxylic acids is 1. The van der Waals surface area contributed by atoms with E-state index in [1.165, 1.54) is 12.8 Å². The summed E-state index contributed by atoms with van der Waals surface area (Å²) < 4.78 is 5.31. The Kier molecular flexibility index (Phi) is 8.08. The van der Waals surface area contributed by atoms with Gasteiger partial charge in [-0.2, -0.15) is 4.98 Å². The van der Waals surface area contributed by atoms with E-state index in [1.807, 2.05) is 25.7 Å². The van der Waals surface area contributed by atoms with Crippen LogP contribution < -0.4 is 10.6 Å². The minimum absolute atomic E-state index is 0. The molecule has 2 N–H and O–H groups in total. The second-order valence-corrected chi connectivity index (χ2v) is 8.59. The Balaban J connectivity index is 0.00000280. The second kappa shape index (κ2) is 9.89. The van der Waals surface area contributed by atoms with Crippen LogP contribution in [0.25, 0.3) is 0 Å². The highest BCUT2D eigenvalue weighted by Crippen LogP contribution is 2.27. The van der Waals surface area contributed by atoms with Crippen LogP contribution in [0.1, 0.15) is 64.6 Å². The molecule has 1 amide bonds. The van der Waals surface area contributed by atoms with Crippen LogP contribution >= 0.6 is 24.0 Å². The van der Waals surface area contributed by atoms with Crippen LogP contribution in [0.15, 0.2) is 9.52 Å². The number of aliphatic imine (C=N–C) groups is 1. The summed E-state index contributed by atoms with van der Waals surface area (Å²) in [5.74, 6) is 2.50. The largest absolute Gasteiger partial charge is 0.352 e. The first-order valence-corrected chi connectivity index (χ1v) is 9.96. The predicted molar refractivity (Wildman–Crippen MR) is 119 cm³/mol. The first-order chi connectivity index (χ1) is 12.9. The zero-order valence-corrected chi connectivity index (χ0v) is 19.7. The van der Waals surface area contributed by atoms with E-state index in [2.05, 4.69) is 25.8 Å². The molecule has 2 aliphatic rings. The molecule has 1 unspecified atom stereocenters. The molecular weight excluding hydrogens is 471 g/mol. The number of likely N-dealkylation sites (tertiary alicyclic amines) is 1. The number of carbonyl (C=O) groups is 1. The van der Waals surface area contributed by atoms with Crippen molar-refractivity contribution in [2.45, 2.75) is 70.9 Å². The van der Waals surface area contributed by atoms with Gasteiger partial charge in [-0.1, -0.05) is 38.8 Å². The van der Waals surface area contributed by atoms with Crippen molar-refractivity contribution in [2.75, 3.05) is 20.1 Å². The zero-order valence-electron chi connectivity index (χ0n) is 17.3. The molecule has 8 nitrogen and oxygen atoms in total. The first kappa shape index (κ1) is 22.9. The van der Waals surface area contributed by atoms with E-state index < -0.39 is 0 Å². The van der Waals surface area contributed by atoms with Gasteiger partial charge in [0.15, 0.2) is 11.8 Å². The lowest BCUT2D eigenvalue weighted by Crippen LogP contribution is -2.45. The number of rotatable bonds is 4. The van der Waals surface area contributed by atoms with Crippen LogP contribution in [0.2, 0.25) is 0 Å². The molecule has 2 fully saturated rings. The second-order valence-electron chi connectivity index (χ2n) is 8.59. The molecular formula is C19H33IN6O2. The van der Waals surface area contributed by atoms with E-state index in [0.717, 1.165) is 32.4 Å². The van der Waals surface area contributed by atoms with E-state index in [4.69, 9.17) is 4.52 Å². The van der Waals surface area contributed by atoms with Gasteiger partial charge in [-0.25, -0.2) is 0 Å². The van der Waals surface area contributed by atoms with Gasteiger partial charge < -0.3 is 20.1 Å². The molecule has 158 valence electrons. The van der Waals surface area contributed by atoms with E-state index in [1.54, 1.807) is 7.05 Å². The average Bonchev–Trinajstić information content (AvgIpc) is 3.39. The lowest BCUT2D eigenvalue weighted by Gasteiger charge is -2.21. The quantitative estimate of drug-likeness (QED) is 0.372. The van der Waals surface area contributed by atoms with Crippen LogP contribution in [-0.4, -0.2) is 53.1 Å². The van der Waals surface area contributed by atoms with E-state index >= 15 is 0 Å². The fourth-order valence-corrected chi connectivity index (χ4v) is 3.69. The van der Waals surface area contributed by atoms with Crippen molar-refractivity contribution in [3.8, 4) is 0 Å². The number of amides is 1. The van der Waals surface area contributed by atoms with Crippen molar-refractivity contribution in [3.63, 3.8) is 0 Å². The van der Waals surface area contributed by atoms with Crippen molar-refractivity contribution in [1.29, 1.82) is 0 Å². The molecule has 0 bridgehead atoms. The summed E-state index contributed by atoms with van der Waals surface area (Å²) in [4.78, 5) is 23.3. The first-order valence-electron chi connectivity index (χ1n) is 9.96. The Labute approximate surface area is 184 Å². The van der Waals surface area contributed by atoms with Crippen molar-refractivity contribution in [1.82, 2.24) is 25.7 Å². The summed E-state index contributed by atoms with van der Waals surface area (Å²) in [6.45, 7) is 8.12. The number of hydrogen-bond donors (Lipinski definition) is 2. The molecule has 0 aromatic carbocycles. The molecule has 0 radical (unpaired) electrons. The molecule has 28 heavy (non-hydrogen) atoms. The van der Waals surface area contributed by atoms with Gasteiger partial charge in [0.25, 0.3) is 0 Å². The van der Waals surface area contributed by atoms with Crippen LogP contribution in [0.5, 0.6) is 0 Å². The summed E-state index contributed by atoms with van der Waals surface area (Å²) in [6.07, 6.45) is 5.43. The summed E-state index contributed by atoms with van der Waals surface area (Å²) in [6, 6.07) is 0.219. The third-order valence-electron chi connectivity index (χ3n) is 5.29. The maximum absolute atomic E-state index is 12.6. The fraction of sp³-hybridized carbons (Fsp3) is 0.789. The molecule has 0 spiro atoms. The predicted octanol–water partition coefficient (Wildman–Crippen LogP) is 2.44. The number of nitrogens with one attached hydrogen (secondary N) is 2. The summed E-state index contributed by atoms with van der Waals surface area (Å²) in [7, 11) is 1.74. The SMILES string of the molecule is CN=C(NCc1noc(C(C)(C)C)n1)NC1CCN(C(=O)C2CCCC2)C1.I. The van der Waals surface area contributed by atoms with Crippen LogP contribution in [-0.2, 0) is 16.8 Å². The van der Waals surface area contributed by atoms with E-state index in [9.17, 15) is 4.79 Å². The highest BCUT2D eigenvalue weighted by Gasteiger charge is 2.32. The van der Waals surface area contributed by atoms with Crippen LogP contribution in [0, 0.1) is 5.92 Å². The lowest BCUT2D eigenvalue weighted by molar-refractivity contribution is -0.134. The normalized spacial score (nSPS) is 20.9. The molecule has 2 heterocycles. The van der Waals surface area contributed by atoms with Gasteiger partial charge in [-0.3, -0.25) is 9.79 Å². The van der Waals surface area contributed by atoms with Crippen molar-refractivity contribution in [3.05, 3.63) is 11.7 Å². The Hall–Kier alpha value is -1.39. The highest BCUT2D eigenvalue weighted by atomic mass is 127.